The molecule has 0 unspecified atom stereocenters. The van der Waals surface area contributed by atoms with Crippen LogP contribution in [0, 0.1) is 0 Å². The maximum absolute atomic E-state index is 6.94. The fourth-order valence-electron chi connectivity index (χ4n) is 7.69. The molecule has 0 amide bonds. The van der Waals surface area contributed by atoms with Crippen molar-refractivity contribution in [3.8, 4) is 68.3 Å². The first-order valence-electron chi connectivity index (χ1n) is 17.0. The number of para-hydroxylation sites is 1. The van der Waals surface area contributed by atoms with E-state index in [2.05, 4.69) is 91.0 Å². The summed E-state index contributed by atoms with van der Waals surface area (Å²) in [5.74, 6) is 4.18. The van der Waals surface area contributed by atoms with Crippen molar-refractivity contribution >= 4 is 0 Å². The van der Waals surface area contributed by atoms with Crippen molar-refractivity contribution in [1.29, 1.82) is 0 Å². The van der Waals surface area contributed by atoms with Crippen LogP contribution in [0.25, 0.3) is 45.3 Å². The highest BCUT2D eigenvalue weighted by molar-refractivity contribution is 5.92. The van der Waals surface area contributed by atoms with Crippen LogP contribution in [0.15, 0.2) is 176 Å². The first-order valence-corrected chi connectivity index (χ1v) is 17.0. The molecule has 0 saturated heterocycles. The van der Waals surface area contributed by atoms with Crippen LogP contribution in [-0.2, 0) is 5.41 Å². The van der Waals surface area contributed by atoms with Crippen molar-refractivity contribution in [3.05, 3.63) is 198 Å². The fraction of sp³-hybridized carbons (Fsp3) is 0.0217. The molecule has 0 bridgehead atoms. The van der Waals surface area contributed by atoms with Gasteiger partial charge in [-0.2, -0.15) is 0 Å². The van der Waals surface area contributed by atoms with Gasteiger partial charge in [0.1, 0.15) is 0 Å². The summed E-state index contributed by atoms with van der Waals surface area (Å²) >= 11 is 0. The van der Waals surface area contributed by atoms with Crippen LogP contribution in [0.5, 0.6) is 23.0 Å². The van der Waals surface area contributed by atoms with Crippen molar-refractivity contribution < 1.29 is 9.47 Å². The first-order chi connectivity index (χ1) is 25.3. The largest absolute Gasteiger partial charge is 0.449 e. The van der Waals surface area contributed by atoms with E-state index >= 15 is 0 Å². The normalized spacial score (nSPS) is 13.2. The van der Waals surface area contributed by atoms with E-state index in [0.717, 1.165) is 33.4 Å². The van der Waals surface area contributed by atoms with Crippen LogP contribution in [0.3, 0.4) is 0 Å². The third kappa shape index (κ3) is 4.52. The predicted molar refractivity (Wildman–Crippen MR) is 200 cm³/mol. The molecule has 5 heteroatoms. The van der Waals surface area contributed by atoms with Crippen LogP contribution in [0.4, 0.5) is 0 Å². The Kier molecular flexibility index (Phi) is 6.64. The topological polar surface area (TPSA) is 57.1 Å². The highest BCUT2D eigenvalue weighted by Crippen LogP contribution is 2.62. The quantitative estimate of drug-likeness (QED) is 0.185. The van der Waals surface area contributed by atoms with E-state index in [0.29, 0.717) is 40.5 Å². The molecule has 2 heterocycles. The molecule has 0 fully saturated rings. The summed E-state index contributed by atoms with van der Waals surface area (Å²) in [4.78, 5) is 14.8. The molecule has 1 aromatic heterocycles. The van der Waals surface area contributed by atoms with Gasteiger partial charge in [-0.05, 0) is 46.0 Å². The van der Waals surface area contributed by atoms with Gasteiger partial charge in [-0.3, -0.25) is 0 Å². The van der Waals surface area contributed by atoms with Gasteiger partial charge >= 0.3 is 0 Å². The Bertz CT molecular complexity index is 2480. The smallest absolute Gasteiger partial charge is 0.181 e. The van der Waals surface area contributed by atoms with Crippen LogP contribution in [0.1, 0.15) is 22.3 Å². The second-order valence-electron chi connectivity index (χ2n) is 12.7. The van der Waals surface area contributed by atoms with Gasteiger partial charge < -0.3 is 9.47 Å². The monoisotopic (exact) mass is 655 g/mol. The second-order valence-corrected chi connectivity index (χ2v) is 12.7. The minimum Gasteiger partial charge on any atom is -0.449 e. The number of ether oxygens (including phenoxy) is 2. The Balaban J connectivity index is 1.15. The molecule has 0 radical (unpaired) electrons. The molecule has 1 aliphatic heterocycles. The van der Waals surface area contributed by atoms with Crippen molar-refractivity contribution in [2.75, 3.05) is 0 Å². The molecule has 2 aliphatic rings. The third-order valence-corrected chi connectivity index (χ3v) is 9.88. The summed E-state index contributed by atoms with van der Waals surface area (Å²) in [6, 6.07) is 60.2. The first kappa shape index (κ1) is 29.1. The van der Waals surface area contributed by atoms with E-state index in [1.165, 1.54) is 16.7 Å². The third-order valence-electron chi connectivity index (χ3n) is 9.88. The Morgan fingerprint density at radius 2 is 0.843 bits per heavy atom. The average Bonchev–Trinajstić information content (AvgIpc) is 3.52. The van der Waals surface area contributed by atoms with Gasteiger partial charge in [0.25, 0.3) is 0 Å². The molecule has 240 valence electrons. The van der Waals surface area contributed by atoms with Crippen LogP contribution in [0.2, 0.25) is 0 Å². The summed E-state index contributed by atoms with van der Waals surface area (Å²) in [6.45, 7) is 0. The zero-order chi connectivity index (χ0) is 33.8. The maximum Gasteiger partial charge on any atom is 0.181 e. The average molecular weight is 656 g/mol. The molecule has 10 rings (SSSR count). The lowest BCUT2D eigenvalue weighted by molar-refractivity contribution is 0.361. The molecular weight excluding hydrogens is 627 g/mol. The number of fused-ring (bicyclic) bond motifs is 6. The van der Waals surface area contributed by atoms with E-state index < -0.39 is 5.41 Å². The maximum atomic E-state index is 6.94. The van der Waals surface area contributed by atoms with Crippen LogP contribution >= 0.6 is 0 Å². The molecule has 8 aromatic rings. The predicted octanol–water partition coefficient (Wildman–Crippen LogP) is 11.1. The standard InChI is InChI=1S/C46H29N3O2/c1-5-16-30(17-6-1)43-47-44(31-18-7-2-8-19-31)49-45(48-43)35-25-15-27-38-41(35)50-39-29-28-37-40(42(39)51-38)34-24-13-14-26-36(34)46(37,32-20-9-3-10-21-32)33-22-11-4-12-23-33/h1-29H. The van der Waals surface area contributed by atoms with E-state index in [-0.39, 0.29) is 0 Å². The van der Waals surface area contributed by atoms with Gasteiger partial charge in [0, 0.05) is 16.7 Å². The molecule has 0 N–H and O–H groups in total. The molecule has 7 aromatic carbocycles. The summed E-state index contributed by atoms with van der Waals surface area (Å²) < 4.78 is 13.8. The Hall–Kier alpha value is -6.85. The minimum atomic E-state index is -0.540. The SMILES string of the molecule is c1ccc(-c2nc(-c3ccccc3)nc(-c3cccc4c3Oc3ccc5c(c3O4)-c3ccccc3C5(c3ccccc3)c3ccccc3)n2)cc1. The van der Waals surface area contributed by atoms with Crippen molar-refractivity contribution in [1.82, 2.24) is 15.0 Å². The van der Waals surface area contributed by atoms with E-state index in [1.807, 2.05) is 84.9 Å². The number of nitrogens with zero attached hydrogens (tertiary/aromatic N) is 3. The number of rotatable bonds is 5. The number of aromatic nitrogens is 3. The van der Waals surface area contributed by atoms with Gasteiger partial charge in [0.2, 0.25) is 0 Å². The lowest BCUT2D eigenvalue weighted by Gasteiger charge is -2.34. The van der Waals surface area contributed by atoms with Crippen molar-refractivity contribution in [2.45, 2.75) is 5.41 Å². The molecule has 0 atom stereocenters. The molecule has 5 nitrogen and oxygen atoms in total. The molecule has 0 saturated carbocycles. The number of benzene rings is 7. The number of hydrogen-bond donors (Lipinski definition) is 0. The van der Waals surface area contributed by atoms with Crippen molar-refractivity contribution in [3.63, 3.8) is 0 Å². The van der Waals surface area contributed by atoms with E-state index in [9.17, 15) is 0 Å². The van der Waals surface area contributed by atoms with Gasteiger partial charge in [-0.15, -0.1) is 0 Å². The van der Waals surface area contributed by atoms with Crippen LogP contribution in [-0.4, -0.2) is 15.0 Å². The van der Waals surface area contributed by atoms with Crippen LogP contribution < -0.4 is 9.47 Å². The van der Waals surface area contributed by atoms with Gasteiger partial charge in [-0.25, -0.2) is 15.0 Å². The molecule has 0 spiro atoms. The zero-order valence-electron chi connectivity index (χ0n) is 27.4. The van der Waals surface area contributed by atoms with E-state index in [1.54, 1.807) is 0 Å². The Morgan fingerprint density at radius 1 is 0.353 bits per heavy atom. The fourth-order valence-corrected chi connectivity index (χ4v) is 7.69. The molecule has 1 aliphatic carbocycles. The Morgan fingerprint density at radius 3 is 1.47 bits per heavy atom. The lowest BCUT2D eigenvalue weighted by Crippen LogP contribution is -2.28. The molecule has 51 heavy (non-hydrogen) atoms. The summed E-state index contributed by atoms with van der Waals surface area (Å²) in [6.07, 6.45) is 0. The minimum absolute atomic E-state index is 0.505. The summed E-state index contributed by atoms with van der Waals surface area (Å²) in [7, 11) is 0. The highest BCUT2D eigenvalue weighted by atomic mass is 16.6. The zero-order valence-corrected chi connectivity index (χ0v) is 27.4. The summed E-state index contributed by atoms with van der Waals surface area (Å²) in [5, 5.41) is 0. The highest BCUT2D eigenvalue weighted by Gasteiger charge is 2.48. The van der Waals surface area contributed by atoms with Crippen molar-refractivity contribution in [2.24, 2.45) is 0 Å². The summed E-state index contributed by atoms with van der Waals surface area (Å²) in [5.41, 5.74) is 8.89. The van der Waals surface area contributed by atoms with Gasteiger partial charge in [0.05, 0.1) is 11.0 Å². The lowest BCUT2D eigenvalue weighted by atomic mass is 9.68. The van der Waals surface area contributed by atoms with E-state index in [4.69, 9.17) is 24.4 Å². The Labute approximate surface area is 295 Å². The second kappa shape index (κ2) is 11.6. The number of hydrogen-bond acceptors (Lipinski definition) is 5. The van der Waals surface area contributed by atoms with Gasteiger partial charge in [0.15, 0.2) is 40.5 Å². The molecular formula is C46H29N3O2. The van der Waals surface area contributed by atoms with Gasteiger partial charge in [-0.1, -0.05) is 158 Å².